The Morgan fingerprint density at radius 1 is 0.967 bits per heavy atom. The highest BCUT2D eigenvalue weighted by atomic mass is 16.3. The van der Waals surface area contributed by atoms with E-state index in [9.17, 15) is 4.79 Å². The maximum absolute atomic E-state index is 13.5. The number of hydrogen-bond donors (Lipinski definition) is 0. The van der Waals surface area contributed by atoms with Gasteiger partial charge in [-0.2, -0.15) is 0 Å². The van der Waals surface area contributed by atoms with Crippen LogP contribution >= 0.6 is 0 Å². The van der Waals surface area contributed by atoms with Crippen molar-refractivity contribution in [3.05, 3.63) is 65.1 Å². The minimum atomic E-state index is -0.111. The molecule has 6 rings (SSSR count). The average Bonchev–Trinajstić information content (AvgIpc) is 3.40. The fourth-order valence-corrected chi connectivity index (χ4v) is 4.67. The van der Waals surface area contributed by atoms with E-state index in [1.165, 1.54) is 19.3 Å². The predicted molar refractivity (Wildman–Crippen MR) is 115 cm³/mol. The number of rotatable bonds is 3. The molecule has 1 fully saturated rings. The number of fused-ring (bicyclic) bond motifs is 4. The molecular formula is C23H21N5O2. The molecule has 1 aliphatic carbocycles. The summed E-state index contributed by atoms with van der Waals surface area (Å²) in [5.74, 6) is 0.714. The lowest BCUT2D eigenvalue weighted by Gasteiger charge is -2.24. The van der Waals surface area contributed by atoms with Gasteiger partial charge >= 0.3 is 0 Å². The van der Waals surface area contributed by atoms with Crippen LogP contribution in [0.25, 0.3) is 33.2 Å². The van der Waals surface area contributed by atoms with Gasteiger partial charge in [-0.15, -0.1) is 0 Å². The summed E-state index contributed by atoms with van der Waals surface area (Å²) in [6, 6.07) is 11.8. The summed E-state index contributed by atoms with van der Waals surface area (Å²) in [7, 11) is 0. The maximum Gasteiger partial charge on any atom is 0.265 e. The van der Waals surface area contributed by atoms with E-state index in [0.29, 0.717) is 34.9 Å². The Morgan fingerprint density at radius 3 is 2.53 bits per heavy atom. The highest BCUT2D eigenvalue weighted by Crippen LogP contribution is 2.35. The maximum atomic E-state index is 13.5. The van der Waals surface area contributed by atoms with Gasteiger partial charge in [0.25, 0.3) is 5.56 Å². The summed E-state index contributed by atoms with van der Waals surface area (Å²) >= 11 is 0. The third-order valence-electron chi connectivity index (χ3n) is 6.11. The van der Waals surface area contributed by atoms with Gasteiger partial charge in [0.1, 0.15) is 23.0 Å². The van der Waals surface area contributed by atoms with Crippen molar-refractivity contribution in [3.63, 3.8) is 0 Å². The molecule has 1 saturated carbocycles. The molecular weight excluding hydrogens is 378 g/mol. The van der Waals surface area contributed by atoms with E-state index in [1.54, 1.807) is 17.2 Å². The molecule has 7 heteroatoms. The minimum absolute atomic E-state index is 0.111. The Morgan fingerprint density at radius 2 is 1.77 bits per heavy atom. The Bertz CT molecular complexity index is 1430. The molecule has 150 valence electrons. The van der Waals surface area contributed by atoms with Crippen LogP contribution in [0.1, 0.15) is 43.9 Å². The highest BCUT2D eigenvalue weighted by molar-refractivity contribution is 6.04. The third kappa shape index (κ3) is 2.65. The molecule has 0 amide bonds. The first-order valence-electron chi connectivity index (χ1n) is 10.5. The lowest BCUT2D eigenvalue weighted by Crippen LogP contribution is -2.22. The summed E-state index contributed by atoms with van der Waals surface area (Å²) in [6.07, 6.45) is 9.00. The van der Waals surface area contributed by atoms with Crippen LogP contribution in [-0.4, -0.2) is 24.1 Å². The zero-order valence-corrected chi connectivity index (χ0v) is 16.5. The second-order valence-electron chi connectivity index (χ2n) is 8.00. The van der Waals surface area contributed by atoms with Gasteiger partial charge in [-0.05, 0) is 37.1 Å². The molecule has 7 nitrogen and oxygen atoms in total. The number of hydrogen-bond acceptors (Lipinski definition) is 5. The number of furan rings is 1. The molecule has 0 N–H and O–H groups in total. The van der Waals surface area contributed by atoms with Crippen molar-refractivity contribution in [1.82, 2.24) is 24.1 Å². The molecule has 0 unspecified atom stereocenters. The van der Waals surface area contributed by atoms with Crippen molar-refractivity contribution in [3.8, 4) is 0 Å². The quantitative estimate of drug-likeness (QED) is 0.448. The topological polar surface area (TPSA) is 78.7 Å². The number of nitrogens with zero attached hydrogens (tertiary/aromatic N) is 5. The smallest absolute Gasteiger partial charge is 0.265 e. The van der Waals surface area contributed by atoms with Crippen LogP contribution in [0, 0.1) is 0 Å². The molecule has 0 radical (unpaired) electrons. The third-order valence-corrected chi connectivity index (χ3v) is 6.11. The van der Waals surface area contributed by atoms with Crippen molar-refractivity contribution in [1.29, 1.82) is 0 Å². The largest absolute Gasteiger partial charge is 0.467 e. The summed E-state index contributed by atoms with van der Waals surface area (Å²) in [6.45, 7) is 0.339. The van der Waals surface area contributed by atoms with Gasteiger partial charge in [-0.25, -0.2) is 15.0 Å². The van der Waals surface area contributed by atoms with Gasteiger partial charge in [0.15, 0.2) is 11.3 Å². The summed E-state index contributed by atoms with van der Waals surface area (Å²) in [5, 5.41) is 0.544. The van der Waals surface area contributed by atoms with Gasteiger partial charge in [0, 0.05) is 6.04 Å². The van der Waals surface area contributed by atoms with Gasteiger partial charge in [0.05, 0.1) is 23.8 Å². The summed E-state index contributed by atoms with van der Waals surface area (Å²) < 4.78 is 9.18. The summed E-state index contributed by atoms with van der Waals surface area (Å²) in [4.78, 5) is 28.0. The van der Waals surface area contributed by atoms with Crippen molar-refractivity contribution in [2.24, 2.45) is 0 Å². The molecule has 0 spiro atoms. The first-order valence-corrected chi connectivity index (χ1v) is 10.5. The molecule has 1 aliphatic rings. The zero-order chi connectivity index (χ0) is 20.1. The molecule has 4 aromatic heterocycles. The predicted octanol–water partition coefficient (Wildman–Crippen LogP) is 4.44. The first-order chi connectivity index (χ1) is 14.8. The number of aromatic nitrogens is 5. The fraction of sp³-hybridized carbons (Fsp3) is 0.304. The lowest BCUT2D eigenvalue weighted by molar-refractivity contribution is 0.365. The Hall–Kier alpha value is -3.48. The minimum Gasteiger partial charge on any atom is -0.467 e. The van der Waals surface area contributed by atoms with Crippen LogP contribution in [0.5, 0.6) is 0 Å². The van der Waals surface area contributed by atoms with E-state index >= 15 is 0 Å². The SMILES string of the molecule is O=c1c2c3nc4ccccc4nc3n(C3CCCCC3)c2ncn1Cc1ccco1. The molecule has 0 saturated heterocycles. The molecule has 0 aliphatic heterocycles. The van der Waals surface area contributed by atoms with Crippen LogP contribution in [0.3, 0.4) is 0 Å². The van der Waals surface area contributed by atoms with Gasteiger partial charge < -0.3 is 8.98 Å². The first kappa shape index (κ1) is 17.4. The van der Waals surface area contributed by atoms with Crippen LogP contribution in [0.2, 0.25) is 0 Å². The van der Waals surface area contributed by atoms with Crippen molar-refractivity contribution in [2.45, 2.75) is 44.7 Å². The van der Waals surface area contributed by atoms with Crippen LogP contribution in [0.4, 0.5) is 0 Å². The van der Waals surface area contributed by atoms with E-state index in [4.69, 9.17) is 19.4 Å². The van der Waals surface area contributed by atoms with Crippen LogP contribution < -0.4 is 5.56 Å². The average molecular weight is 399 g/mol. The Labute approximate surface area is 172 Å². The van der Waals surface area contributed by atoms with E-state index in [0.717, 1.165) is 29.5 Å². The molecule has 5 aromatic rings. The lowest BCUT2D eigenvalue weighted by atomic mass is 9.95. The van der Waals surface area contributed by atoms with Crippen molar-refractivity contribution in [2.75, 3.05) is 0 Å². The summed E-state index contributed by atoms with van der Waals surface area (Å²) in [5.41, 5.74) is 3.60. The van der Waals surface area contributed by atoms with Crippen molar-refractivity contribution < 1.29 is 4.42 Å². The normalized spacial score (nSPS) is 15.5. The van der Waals surface area contributed by atoms with Crippen LogP contribution in [-0.2, 0) is 6.54 Å². The van der Waals surface area contributed by atoms with Gasteiger partial charge in [0.2, 0.25) is 0 Å². The zero-order valence-electron chi connectivity index (χ0n) is 16.5. The highest BCUT2D eigenvalue weighted by Gasteiger charge is 2.25. The Kier molecular flexibility index (Phi) is 3.94. The van der Waals surface area contributed by atoms with E-state index in [1.807, 2.05) is 36.4 Å². The molecule has 1 aromatic carbocycles. The Balaban J connectivity index is 1.67. The molecule has 0 atom stereocenters. The van der Waals surface area contributed by atoms with E-state index in [-0.39, 0.29) is 5.56 Å². The molecule has 4 heterocycles. The standard InChI is InChI=1S/C23H21N5O2/c29-23-19-20-22(26-18-11-5-4-10-17(18)25-20)28(15-7-2-1-3-8-15)21(19)24-14-27(23)13-16-9-6-12-30-16/h4-6,9-12,14-15H,1-3,7-8,13H2. The van der Waals surface area contributed by atoms with Crippen LogP contribution in [0.15, 0.2) is 58.2 Å². The second kappa shape index (κ2) is 6.79. The molecule has 30 heavy (non-hydrogen) atoms. The van der Waals surface area contributed by atoms with E-state index < -0.39 is 0 Å². The van der Waals surface area contributed by atoms with E-state index in [2.05, 4.69) is 4.57 Å². The number of benzene rings is 1. The fourth-order valence-electron chi connectivity index (χ4n) is 4.67. The number of para-hydroxylation sites is 2. The van der Waals surface area contributed by atoms with Crippen molar-refractivity contribution >= 4 is 33.2 Å². The van der Waals surface area contributed by atoms with Gasteiger partial charge in [-0.3, -0.25) is 9.36 Å². The molecule has 0 bridgehead atoms. The van der Waals surface area contributed by atoms with Gasteiger partial charge in [-0.1, -0.05) is 31.4 Å². The second-order valence-corrected chi connectivity index (χ2v) is 8.00. The monoisotopic (exact) mass is 399 g/mol.